The van der Waals surface area contributed by atoms with Gasteiger partial charge in [0, 0.05) is 6.54 Å². The Morgan fingerprint density at radius 1 is 0.864 bits per heavy atom. The molecule has 0 bridgehead atoms. The maximum absolute atomic E-state index is 5.65. The summed E-state index contributed by atoms with van der Waals surface area (Å²) in [5.74, 6) is 0.919. The zero-order valence-electron chi connectivity index (χ0n) is 12.9. The fourth-order valence-corrected chi connectivity index (χ4v) is 2.74. The summed E-state index contributed by atoms with van der Waals surface area (Å²) < 4.78 is 5.65. The number of benzene rings is 3. The summed E-state index contributed by atoms with van der Waals surface area (Å²) in [5, 5.41) is 6.12. The van der Waals surface area contributed by atoms with E-state index in [0.29, 0.717) is 6.61 Å². The van der Waals surface area contributed by atoms with E-state index in [0.717, 1.165) is 24.4 Å². The molecule has 0 unspecified atom stereocenters. The third-order valence-electron chi connectivity index (χ3n) is 3.78. The number of anilines is 1. The molecule has 3 aromatic rings. The van der Waals surface area contributed by atoms with Crippen molar-refractivity contribution in [1.29, 1.82) is 0 Å². The van der Waals surface area contributed by atoms with E-state index in [-0.39, 0.29) is 0 Å². The van der Waals surface area contributed by atoms with Crippen molar-refractivity contribution < 1.29 is 4.74 Å². The van der Waals surface area contributed by atoms with Gasteiger partial charge in [-0.15, -0.1) is 0 Å². The number of para-hydroxylation sites is 2. The Morgan fingerprint density at radius 2 is 1.64 bits per heavy atom. The lowest BCUT2D eigenvalue weighted by Gasteiger charge is -2.13. The topological polar surface area (TPSA) is 21.3 Å². The summed E-state index contributed by atoms with van der Waals surface area (Å²) >= 11 is 0. The monoisotopic (exact) mass is 291 g/mol. The van der Waals surface area contributed by atoms with E-state index in [2.05, 4.69) is 53.8 Å². The lowest BCUT2D eigenvalue weighted by molar-refractivity contribution is 0.341. The molecule has 2 nitrogen and oxygen atoms in total. The molecule has 112 valence electrons. The lowest BCUT2D eigenvalue weighted by Crippen LogP contribution is -2.07. The second-order valence-corrected chi connectivity index (χ2v) is 5.24. The summed E-state index contributed by atoms with van der Waals surface area (Å²) in [6.45, 7) is 3.58. The third kappa shape index (κ3) is 3.22. The van der Waals surface area contributed by atoms with Crippen LogP contribution < -0.4 is 10.1 Å². The van der Waals surface area contributed by atoms with Crippen LogP contribution in [0, 0.1) is 0 Å². The second kappa shape index (κ2) is 6.99. The van der Waals surface area contributed by atoms with Crippen LogP contribution in [-0.2, 0) is 6.42 Å². The molecule has 0 atom stereocenters. The molecule has 1 N–H and O–H groups in total. The molecule has 0 fully saturated rings. The highest BCUT2D eigenvalue weighted by atomic mass is 16.5. The fraction of sp³-hybridized carbons (Fsp3) is 0.200. The average Bonchev–Trinajstić information content (AvgIpc) is 2.57. The van der Waals surface area contributed by atoms with Crippen LogP contribution in [0.15, 0.2) is 66.7 Å². The molecule has 0 saturated heterocycles. The number of fused-ring (bicyclic) bond motifs is 1. The van der Waals surface area contributed by atoms with Crippen LogP contribution in [0.2, 0.25) is 0 Å². The van der Waals surface area contributed by atoms with Crippen LogP contribution in [0.5, 0.6) is 5.75 Å². The minimum Gasteiger partial charge on any atom is -0.492 e. The summed E-state index contributed by atoms with van der Waals surface area (Å²) in [4.78, 5) is 0. The molecule has 2 heteroatoms. The van der Waals surface area contributed by atoms with Gasteiger partial charge < -0.3 is 10.1 Å². The van der Waals surface area contributed by atoms with E-state index in [1.54, 1.807) is 0 Å². The van der Waals surface area contributed by atoms with E-state index in [9.17, 15) is 0 Å². The minimum atomic E-state index is 0.683. The number of nitrogens with one attached hydrogen (secondary N) is 1. The van der Waals surface area contributed by atoms with Crippen molar-refractivity contribution in [3.8, 4) is 5.75 Å². The summed E-state index contributed by atoms with van der Waals surface area (Å²) in [7, 11) is 0. The van der Waals surface area contributed by atoms with Gasteiger partial charge in [0.1, 0.15) is 5.75 Å². The van der Waals surface area contributed by atoms with E-state index in [1.165, 1.54) is 16.3 Å². The number of ether oxygens (including phenoxy) is 1. The van der Waals surface area contributed by atoms with Crippen LogP contribution in [0.25, 0.3) is 10.8 Å². The molecular formula is C20H21NO. The van der Waals surface area contributed by atoms with Gasteiger partial charge in [-0.3, -0.25) is 0 Å². The van der Waals surface area contributed by atoms with Gasteiger partial charge in [-0.1, -0.05) is 54.6 Å². The average molecular weight is 291 g/mol. The predicted molar refractivity (Wildman–Crippen MR) is 93.8 cm³/mol. The molecular weight excluding hydrogens is 270 g/mol. The Bertz CT molecular complexity index is 746. The first kappa shape index (κ1) is 14.5. The van der Waals surface area contributed by atoms with Crippen LogP contribution in [0.3, 0.4) is 0 Å². The first-order chi connectivity index (χ1) is 10.9. The van der Waals surface area contributed by atoms with Crippen molar-refractivity contribution in [2.45, 2.75) is 13.3 Å². The molecule has 22 heavy (non-hydrogen) atoms. The van der Waals surface area contributed by atoms with Crippen molar-refractivity contribution in [2.75, 3.05) is 18.5 Å². The smallest absolute Gasteiger partial charge is 0.142 e. The molecule has 0 heterocycles. The number of rotatable bonds is 6. The lowest BCUT2D eigenvalue weighted by atomic mass is 10.0. The molecule has 3 rings (SSSR count). The van der Waals surface area contributed by atoms with Crippen molar-refractivity contribution >= 4 is 16.5 Å². The van der Waals surface area contributed by atoms with E-state index >= 15 is 0 Å². The van der Waals surface area contributed by atoms with Crippen molar-refractivity contribution in [2.24, 2.45) is 0 Å². The largest absolute Gasteiger partial charge is 0.492 e. The van der Waals surface area contributed by atoms with Crippen LogP contribution in [-0.4, -0.2) is 13.2 Å². The quantitative estimate of drug-likeness (QED) is 0.698. The molecule has 0 aliphatic heterocycles. The molecule has 0 radical (unpaired) electrons. The molecule has 0 saturated carbocycles. The SMILES string of the molecule is CCOc1ccccc1NCCc1cccc2ccccc12. The molecule has 3 aromatic carbocycles. The summed E-state index contributed by atoms with van der Waals surface area (Å²) in [5.41, 5.74) is 2.43. The maximum Gasteiger partial charge on any atom is 0.142 e. The fourth-order valence-electron chi connectivity index (χ4n) is 2.74. The Balaban J connectivity index is 1.70. The van der Waals surface area contributed by atoms with Crippen LogP contribution >= 0.6 is 0 Å². The highest BCUT2D eigenvalue weighted by Crippen LogP contribution is 2.24. The Kier molecular flexibility index (Phi) is 4.59. The Hall–Kier alpha value is -2.48. The van der Waals surface area contributed by atoms with Crippen molar-refractivity contribution in [3.05, 3.63) is 72.3 Å². The third-order valence-corrected chi connectivity index (χ3v) is 3.78. The zero-order chi connectivity index (χ0) is 15.2. The molecule has 0 aliphatic carbocycles. The van der Waals surface area contributed by atoms with E-state index < -0.39 is 0 Å². The normalized spacial score (nSPS) is 10.6. The van der Waals surface area contributed by atoms with Gasteiger partial charge in [-0.05, 0) is 41.8 Å². The summed E-state index contributed by atoms with van der Waals surface area (Å²) in [6.07, 6.45) is 0.988. The first-order valence-corrected chi connectivity index (χ1v) is 7.81. The van der Waals surface area contributed by atoms with E-state index in [1.807, 2.05) is 25.1 Å². The standard InChI is InChI=1S/C20H21NO/c1-2-22-20-13-6-5-12-19(20)21-15-14-17-10-7-9-16-8-3-4-11-18(16)17/h3-13,21H,2,14-15H2,1H3. The van der Waals surface area contributed by atoms with E-state index in [4.69, 9.17) is 4.74 Å². The van der Waals surface area contributed by atoms with Crippen LogP contribution in [0.4, 0.5) is 5.69 Å². The van der Waals surface area contributed by atoms with Crippen molar-refractivity contribution in [3.63, 3.8) is 0 Å². The van der Waals surface area contributed by atoms with Gasteiger partial charge in [-0.25, -0.2) is 0 Å². The number of hydrogen-bond donors (Lipinski definition) is 1. The maximum atomic E-state index is 5.65. The highest BCUT2D eigenvalue weighted by Gasteiger charge is 2.03. The Labute approximate surface area is 131 Å². The molecule has 0 aliphatic rings. The van der Waals surface area contributed by atoms with Gasteiger partial charge >= 0.3 is 0 Å². The van der Waals surface area contributed by atoms with Gasteiger partial charge in [0.25, 0.3) is 0 Å². The first-order valence-electron chi connectivity index (χ1n) is 7.81. The van der Waals surface area contributed by atoms with Crippen molar-refractivity contribution in [1.82, 2.24) is 0 Å². The Morgan fingerprint density at radius 3 is 2.55 bits per heavy atom. The predicted octanol–water partition coefficient (Wildman–Crippen LogP) is 4.89. The van der Waals surface area contributed by atoms with Crippen LogP contribution in [0.1, 0.15) is 12.5 Å². The highest BCUT2D eigenvalue weighted by molar-refractivity contribution is 5.85. The zero-order valence-corrected chi connectivity index (χ0v) is 12.9. The second-order valence-electron chi connectivity index (χ2n) is 5.24. The molecule has 0 aromatic heterocycles. The van der Waals surface area contributed by atoms with Gasteiger partial charge in [0.2, 0.25) is 0 Å². The molecule has 0 amide bonds. The molecule has 0 spiro atoms. The van der Waals surface area contributed by atoms with Gasteiger partial charge in [0.15, 0.2) is 0 Å². The van der Waals surface area contributed by atoms with Gasteiger partial charge in [-0.2, -0.15) is 0 Å². The van der Waals surface area contributed by atoms with Gasteiger partial charge in [0.05, 0.1) is 12.3 Å². The summed E-state index contributed by atoms with van der Waals surface area (Å²) in [6, 6.07) is 23.1. The minimum absolute atomic E-state index is 0.683. The number of hydrogen-bond acceptors (Lipinski definition) is 2.